The fourth-order valence-corrected chi connectivity index (χ4v) is 4.40. The second-order valence-electron chi connectivity index (χ2n) is 5.64. The Morgan fingerprint density at radius 3 is 1.47 bits per heavy atom. The van der Waals surface area contributed by atoms with Gasteiger partial charge in [-0.3, -0.25) is 0 Å². The van der Waals surface area contributed by atoms with Crippen LogP contribution < -0.4 is 0 Å². The van der Waals surface area contributed by atoms with Crippen LogP contribution in [0.5, 0.6) is 0 Å². The van der Waals surface area contributed by atoms with E-state index >= 15 is 0 Å². The molecule has 2 rings (SSSR count). The van der Waals surface area contributed by atoms with Crippen LogP contribution in [0.15, 0.2) is 0 Å². The molecule has 0 bridgehead atoms. The Bertz CT molecular complexity index is 148. The highest BCUT2D eigenvalue weighted by atomic mass is 32.1. The highest BCUT2D eigenvalue weighted by Gasteiger charge is 2.30. The Hall–Kier alpha value is 0.350. The van der Waals surface area contributed by atoms with E-state index in [0.29, 0.717) is 0 Å². The first-order chi connectivity index (χ1) is 7.42. The van der Waals surface area contributed by atoms with Crippen LogP contribution in [-0.4, -0.2) is 5.75 Å². The van der Waals surface area contributed by atoms with E-state index in [-0.39, 0.29) is 0 Å². The second-order valence-corrected chi connectivity index (χ2v) is 6.01. The smallest absolute Gasteiger partial charge is 0.00642 e. The first kappa shape index (κ1) is 11.8. The lowest BCUT2D eigenvalue weighted by molar-refractivity contribution is 0.163. The monoisotopic (exact) mass is 226 g/mol. The van der Waals surface area contributed by atoms with Crippen LogP contribution in [-0.2, 0) is 0 Å². The van der Waals surface area contributed by atoms with Crippen LogP contribution in [0, 0.1) is 17.8 Å². The van der Waals surface area contributed by atoms with Gasteiger partial charge in [0, 0.05) is 0 Å². The lowest BCUT2D eigenvalue weighted by atomic mass is 9.70. The maximum absolute atomic E-state index is 4.64. The van der Waals surface area contributed by atoms with E-state index in [1.54, 1.807) is 0 Å². The van der Waals surface area contributed by atoms with Crippen molar-refractivity contribution in [1.82, 2.24) is 0 Å². The third kappa shape index (κ3) is 3.15. The predicted molar refractivity (Wildman–Crippen MR) is 70.5 cm³/mol. The molecule has 1 heteroatoms. The zero-order chi connectivity index (χ0) is 10.5. The Labute approximate surface area is 101 Å². The molecule has 0 heterocycles. The summed E-state index contributed by atoms with van der Waals surface area (Å²) in [6, 6.07) is 0. The molecule has 2 saturated carbocycles. The summed E-state index contributed by atoms with van der Waals surface area (Å²) < 4.78 is 0. The fraction of sp³-hybridized carbons (Fsp3) is 1.00. The summed E-state index contributed by atoms with van der Waals surface area (Å²) in [6.45, 7) is 0. The number of hydrogen-bond acceptors (Lipinski definition) is 1. The molecule has 0 aliphatic heterocycles. The van der Waals surface area contributed by atoms with Gasteiger partial charge in [-0.25, -0.2) is 0 Å². The molecule has 88 valence electrons. The van der Waals surface area contributed by atoms with Gasteiger partial charge in [0.05, 0.1) is 0 Å². The summed E-state index contributed by atoms with van der Waals surface area (Å²) in [5.74, 6) is 4.16. The standard InChI is InChI=1S/C14H26S/c15-11-14(12-7-3-1-4-8-12)13-9-5-2-6-10-13/h12-15H,1-11H2. The van der Waals surface area contributed by atoms with E-state index in [1.807, 2.05) is 0 Å². The minimum absolute atomic E-state index is 0.953. The van der Waals surface area contributed by atoms with Crippen LogP contribution in [0.3, 0.4) is 0 Å². The van der Waals surface area contributed by atoms with E-state index in [0.717, 1.165) is 23.5 Å². The van der Waals surface area contributed by atoms with Crippen LogP contribution in [0.4, 0.5) is 0 Å². The van der Waals surface area contributed by atoms with Gasteiger partial charge in [-0.05, 0) is 23.5 Å². The van der Waals surface area contributed by atoms with Crippen LogP contribution in [0.1, 0.15) is 64.2 Å². The Morgan fingerprint density at radius 2 is 1.13 bits per heavy atom. The average Bonchev–Trinajstić information content (AvgIpc) is 2.33. The van der Waals surface area contributed by atoms with Crippen molar-refractivity contribution < 1.29 is 0 Å². The summed E-state index contributed by atoms with van der Waals surface area (Å²) in [7, 11) is 0. The summed E-state index contributed by atoms with van der Waals surface area (Å²) >= 11 is 4.64. The average molecular weight is 226 g/mol. The van der Waals surface area contributed by atoms with E-state index in [9.17, 15) is 0 Å². The van der Waals surface area contributed by atoms with E-state index in [4.69, 9.17) is 0 Å². The highest BCUT2D eigenvalue weighted by Crippen LogP contribution is 2.40. The van der Waals surface area contributed by atoms with Gasteiger partial charge in [-0.15, -0.1) is 0 Å². The van der Waals surface area contributed by atoms with Crippen molar-refractivity contribution in [3.8, 4) is 0 Å². The van der Waals surface area contributed by atoms with E-state index < -0.39 is 0 Å². The summed E-state index contributed by atoms with van der Waals surface area (Å²) in [5, 5.41) is 0. The normalized spacial score (nSPS) is 26.0. The molecule has 0 aromatic carbocycles. The molecule has 0 amide bonds. The molecular formula is C14H26S. The van der Waals surface area contributed by atoms with E-state index in [2.05, 4.69) is 12.6 Å². The quantitative estimate of drug-likeness (QED) is 0.663. The maximum atomic E-state index is 4.64. The van der Waals surface area contributed by atoms with Crippen molar-refractivity contribution in [3.05, 3.63) is 0 Å². The second kappa shape index (κ2) is 6.18. The molecule has 0 aromatic heterocycles. The SMILES string of the molecule is SCC(C1CCCCC1)C1CCCCC1. The molecule has 0 N–H and O–H groups in total. The fourth-order valence-electron chi connectivity index (χ4n) is 3.81. The first-order valence-corrected chi connectivity index (χ1v) is 7.66. The maximum Gasteiger partial charge on any atom is -0.00642 e. The molecule has 0 aromatic rings. The van der Waals surface area contributed by atoms with Gasteiger partial charge in [0.1, 0.15) is 0 Å². The summed E-state index contributed by atoms with van der Waals surface area (Å²) in [4.78, 5) is 0. The largest absolute Gasteiger partial charge is 0.179 e. The van der Waals surface area contributed by atoms with Crippen molar-refractivity contribution in [2.24, 2.45) is 17.8 Å². The third-order valence-electron chi connectivity index (χ3n) is 4.72. The van der Waals surface area contributed by atoms with Crippen molar-refractivity contribution in [2.75, 3.05) is 5.75 Å². The molecule has 0 radical (unpaired) electrons. The topological polar surface area (TPSA) is 0 Å². The lowest BCUT2D eigenvalue weighted by Gasteiger charge is -2.37. The minimum Gasteiger partial charge on any atom is -0.179 e. The minimum atomic E-state index is 0.953. The molecule has 2 aliphatic carbocycles. The lowest BCUT2D eigenvalue weighted by Crippen LogP contribution is -2.28. The van der Waals surface area contributed by atoms with Crippen molar-refractivity contribution in [3.63, 3.8) is 0 Å². The zero-order valence-corrected chi connectivity index (χ0v) is 10.9. The highest BCUT2D eigenvalue weighted by molar-refractivity contribution is 7.80. The number of thiol groups is 1. The third-order valence-corrected chi connectivity index (χ3v) is 5.14. The van der Waals surface area contributed by atoms with Crippen LogP contribution >= 0.6 is 12.6 Å². The predicted octanol–water partition coefficient (Wildman–Crippen LogP) is 4.69. The van der Waals surface area contributed by atoms with Crippen molar-refractivity contribution >= 4 is 12.6 Å². The van der Waals surface area contributed by atoms with Gasteiger partial charge in [0.2, 0.25) is 0 Å². The van der Waals surface area contributed by atoms with Gasteiger partial charge < -0.3 is 0 Å². The summed E-state index contributed by atoms with van der Waals surface area (Å²) in [6.07, 6.45) is 14.9. The van der Waals surface area contributed by atoms with E-state index in [1.165, 1.54) is 64.2 Å². The zero-order valence-electron chi connectivity index (χ0n) is 9.96. The van der Waals surface area contributed by atoms with Crippen molar-refractivity contribution in [1.29, 1.82) is 0 Å². The first-order valence-electron chi connectivity index (χ1n) is 7.02. The Balaban J connectivity index is 1.88. The molecule has 15 heavy (non-hydrogen) atoms. The molecular weight excluding hydrogens is 200 g/mol. The molecule has 2 fully saturated rings. The van der Waals surface area contributed by atoms with Crippen LogP contribution in [0.25, 0.3) is 0 Å². The molecule has 0 unspecified atom stereocenters. The molecule has 0 saturated heterocycles. The number of rotatable bonds is 3. The molecule has 0 atom stereocenters. The molecule has 0 spiro atoms. The Morgan fingerprint density at radius 1 is 0.733 bits per heavy atom. The Kier molecular flexibility index (Phi) is 4.87. The van der Waals surface area contributed by atoms with Gasteiger partial charge in [0.15, 0.2) is 0 Å². The van der Waals surface area contributed by atoms with Crippen molar-refractivity contribution in [2.45, 2.75) is 64.2 Å². The molecule has 2 aliphatic rings. The summed E-state index contributed by atoms with van der Waals surface area (Å²) in [5.41, 5.74) is 0. The molecule has 0 nitrogen and oxygen atoms in total. The van der Waals surface area contributed by atoms with Gasteiger partial charge in [-0.2, -0.15) is 12.6 Å². The van der Waals surface area contributed by atoms with Crippen LogP contribution in [0.2, 0.25) is 0 Å². The number of hydrogen-bond donors (Lipinski definition) is 1. The van der Waals surface area contributed by atoms with Gasteiger partial charge in [-0.1, -0.05) is 64.2 Å². The van der Waals surface area contributed by atoms with Gasteiger partial charge in [0.25, 0.3) is 0 Å². The van der Waals surface area contributed by atoms with Gasteiger partial charge >= 0.3 is 0 Å².